The summed E-state index contributed by atoms with van der Waals surface area (Å²) < 4.78 is 0. The van der Waals surface area contributed by atoms with Gasteiger partial charge in [-0.15, -0.1) is 0 Å². The van der Waals surface area contributed by atoms with Crippen LogP contribution in [-0.2, 0) is 4.79 Å². The molecule has 4 nitrogen and oxygen atoms in total. The Hall–Kier alpha value is -2.41. The standard InChI is InChI=1S/C12H7NO3/c1-13-11(12(15)16)9-6-10(14)8-5-3-2-4-7(8)9/h2-5H,6H2,(H,15,16)/b11-9-. The molecule has 0 radical (unpaired) electrons. The molecular formula is C12H7NO3. The fraction of sp³-hybridized carbons (Fsp3) is 0.0833. The first-order valence-electron chi connectivity index (χ1n) is 4.61. The molecule has 0 unspecified atom stereocenters. The number of benzene rings is 1. The number of hydrogen-bond donors (Lipinski definition) is 1. The van der Waals surface area contributed by atoms with Crippen molar-refractivity contribution in [3.63, 3.8) is 0 Å². The van der Waals surface area contributed by atoms with Crippen molar-refractivity contribution in [3.05, 3.63) is 52.5 Å². The molecular weight excluding hydrogens is 206 g/mol. The van der Waals surface area contributed by atoms with Crippen LogP contribution in [0.1, 0.15) is 22.3 Å². The van der Waals surface area contributed by atoms with Gasteiger partial charge in [-0.25, -0.2) is 4.85 Å². The van der Waals surface area contributed by atoms with Gasteiger partial charge in [-0.05, 0) is 11.1 Å². The molecule has 0 amide bonds. The lowest BCUT2D eigenvalue weighted by atomic mass is 10.1. The minimum atomic E-state index is -1.28. The Morgan fingerprint density at radius 3 is 2.50 bits per heavy atom. The summed E-state index contributed by atoms with van der Waals surface area (Å²) in [5, 5.41) is 8.86. The second kappa shape index (κ2) is 3.63. The van der Waals surface area contributed by atoms with Crippen molar-refractivity contribution in [3.8, 4) is 0 Å². The molecule has 0 spiro atoms. The number of nitrogens with zero attached hydrogens (tertiary/aromatic N) is 1. The molecule has 4 heteroatoms. The van der Waals surface area contributed by atoms with Gasteiger partial charge in [0.2, 0.25) is 0 Å². The number of carboxylic acids is 1. The van der Waals surface area contributed by atoms with Gasteiger partial charge in [0.15, 0.2) is 5.78 Å². The normalized spacial score (nSPS) is 16.6. The molecule has 0 atom stereocenters. The van der Waals surface area contributed by atoms with Crippen LogP contribution >= 0.6 is 0 Å². The molecule has 0 saturated heterocycles. The zero-order valence-electron chi connectivity index (χ0n) is 8.23. The number of carbonyl (C=O) groups is 2. The lowest BCUT2D eigenvalue weighted by molar-refractivity contribution is -0.132. The van der Waals surface area contributed by atoms with E-state index in [-0.39, 0.29) is 17.9 Å². The molecule has 0 saturated carbocycles. The number of aliphatic carboxylic acids is 1. The predicted octanol–water partition coefficient (Wildman–Crippen LogP) is 1.99. The third-order valence-electron chi connectivity index (χ3n) is 2.49. The first-order valence-corrected chi connectivity index (χ1v) is 4.61. The van der Waals surface area contributed by atoms with Crippen LogP contribution in [-0.4, -0.2) is 16.9 Å². The van der Waals surface area contributed by atoms with Gasteiger partial charge in [0.25, 0.3) is 5.70 Å². The highest BCUT2D eigenvalue weighted by molar-refractivity contribution is 6.15. The Kier molecular flexibility index (Phi) is 2.29. The molecule has 0 fully saturated rings. The Balaban J connectivity index is 2.70. The second-order valence-corrected chi connectivity index (χ2v) is 3.39. The monoisotopic (exact) mass is 213 g/mol. The van der Waals surface area contributed by atoms with Gasteiger partial charge in [0.05, 0.1) is 6.57 Å². The third-order valence-corrected chi connectivity index (χ3v) is 2.49. The molecule has 78 valence electrons. The summed E-state index contributed by atoms with van der Waals surface area (Å²) in [6.07, 6.45) is 0.00333. The van der Waals surface area contributed by atoms with Crippen molar-refractivity contribution in [1.82, 2.24) is 0 Å². The number of rotatable bonds is 1. The predicted molar refractivity (Wildman–Crippen MR) is 56.5 cm³/mol. The number of hydrogen-bond acceptors (Lipinski definition) is 2. The maximum atomic E-state index is 11.6. The number of carboxylic acid groups (broad SMARTS) is 1. The van der Waals surface area contributed by atoms with Gasteiger partial charge in [-0.1, -0.05) is 24.3 Å². The van der Waals surface area contributed by atoms with Gasteiger partial charge in [0.1, 0.15) is 0 Å². The highest BCUT2D eigenvalue weighted by atomic mass is 16.4. The first kappa shape index (κ1) is 10.1. The lowest BCUT2D eigenvalue weighted by Gasteiger charge is -2.00. The van der Waals surface area contributed by atoms with Gasteiger partial charge >= 0.3 is 5.97 Å². The van der Waals surface area contributed by atoms with E-state index in [1.165, 1.54) is 0 Å². The fourth-order valence-electron chi connectivity index (χ4n) is 1.80. The van der Waals surface area contributed by atoms with Gasteiger partial charge in [0, 0.05) is 12.0 Å². The molecule has 0 aromatic heterocycles. The third kappa shape index (κ3) is 1.39. The van der Waals surface area contributed by atoms with Crippen molar-refractivity contribution >= 4 is 17.3 Å². The maximum absolute atomic E-state index is 11.6. The topological polar surface area (TPSA) is 58.7 Å². The molecule has 1 aliphatic rings. The van der Waals surface area contributed by atoms with Crippen molar-refractivity contribution in [1.29, 1.82) is 0 Å². The smallest absolute Gasteiger partial charge is 0.334 e. The average molecular weight is 213 g/mol. The van der Waals surface area contributed by atoms with Crippen molar-refractivity contribution in [2.24, 2.45) is 0 Å². The molecule has 0 heterocycles. The molecule has 1 aliphatic carbocycles. The zero-order valence-corrected chi connectivity index (χ0v) is 8.23. The van der Waals surface area contributed by atoms with Crippen molar-refractivity contribution in [2.45, 2.75) is 6.42 Å². The van der Waals surface area contributed by atoms with Gasteiger partial charge in [-0.3, -0.25) is 9.59 Å². The zero-order chi connectivity index (χ0) is 11.7. The van der Waals surface area contributed by atoms with Crippen LogP contribution in [0.2, 0.25) is 0 Å². The molecule has 1 aromatic carbocycles. The van der Waals surface area contributed by atoms with Crippen LogP contribution in [0.5, 0.6) is 0 Å². The Morgan fingerprint density at radius 2 is 1.94 bits per heavy atom. The SMILES string of the molecule is [C-]#[N+]/C(C(=O)O)=C1/CC(=O)c2ccccc21. The Labute approximate surface area is 91.6 Å². The van der Waals surface area contributed by atoms with E-state index < -0.39 is 5.97 Å². The van der Waals surface area contributed by atoms with Crippen molar-refractivity contribution in [2.75, 3.05) is 0 Å². The number of carbonyl (C=O) groups excluding carboxylic acids is 1. The largest absolute Gasteiger partial charge is 0.486 e. The van der Waals surface area contributed by atoms with Crippen LogP contribution in [0, 0.1) is 6.57 Å². The van der Waals surface area contributed by atoms with E-state index in [9.17, 15) is 9.59 Å². The highest BCUT2D eigenvalue weighted by Crippen LogP contribution is 2.34. The minimum absolute atomic E-state index is 0.00333. The summed E-state index contributed by atoms with van der Waals surface area (Å²) in [6.45, 7) is 6.84. The average Bonchev–Trinajstić information content (AvgIpc) is 2.58. The number of fused-ring (bicyclic) bond motifs is 1. The van der Waals surface area contributed by atoms with E-state index in [0.29, 0.717) is 16.7 Å². The summed E-state index contributed by atoms with van der Waals surface area (Å²) in [7, 11) is 0. The summed E-state index contributed by atoms with van der Waals surface area (Å²) in [5.41, 5.74) is 1.03. The molecule has 16 heavy (non-hydrogen) atoms. The molecule has 2 rings (SSSR count). The van der Waals surface area contributed by atoms with E-state index >= 15 is 0 Å². The van der Waals surface area contributed by atoms with Crippen LogP contribution in [0.3, 0.4) is 0 Å². The second-order valence-electron chi connectivity index (χ2n) is 3.39. The summed E-state index contributed by atoms with van der Waals surface area (Å²) in [6, 6.07) is 6.76. The van der Waals surface area contributed by atoms with Crippen LogP contribution in [0.15, 0.2) is 30.0 Å². The van der Waals surface area contributed by atoms with Crippen LogP contribution in [0.25, 0.3) is 10.4 Å². The van der Waals surface area contributed by atoms with E-state index in [2.05, 4.69) is 4.85 Å². The molecule has 0 bridgehead atoms. The highest BCUT2D eigenvalue weighted by Gasteiger charge is 2.28. The Bertz CT molecular complexity index is 564. The maximum Gasteiger partial charge on any atom is 0.334 e. The van der Waals surface area contributed by atoms with E-state index in [0.717, 1.165) is 0 Å². The Morgan fingerprint density at radius 1 is 1.31 bits per heavy atom. The number of allylic oxidation sites excluding steroid dienone is 1. The van der Waals surface area contributed by atoms with Crippen LogP contribution < -0.4 is 0 Å². The molecule has 0 aliphatic heterocycles. The number of ketones is 1. The first-order chi connectivity index (χ1) is 7.65. The summed E-state index contributed by atoms with van der Waals surface area (Å²) in [4.78, 5) is 25.4. The van der Waals surface area contributed by atoms with E-state index in [1.54, 1.807) is 24.3 Å². The summed E-state index contributed by atoms with van der Waals surface area (Å²) in [5.74, 6) is -1.41. The molecule has 1 N–H and O–H groups in total. The molecule has 1 aromatic rings. The number of Topliss-reactive ketones (excluding diaryl/α,β-unsaturated/α-hetero) is 1. The van der Waals surface area contributed by atoms with Gasteiger partial charge < -0.3 is 5.11 Å². The van der Waals surface area contributed by atoms with Gasteiger partial charge in [-0.2, -0.15) is 0 Å². The lowest BCUT2D eigenvalue weighted by Crippen LogP contribution is -1.99. The van der Waals surface area contributed by atoms with E-state index in [1.807, 2.05) is 0 Å². The summed E-state index contributed by atoms with van der Waals surface area (Å²) >= 11 is 0. The van der Waals surface area contributed by atoms with Crippen molar-refractivity contribution < 1.29 is 14.7 Å². The fourth-order valence-corrected chi connectivity index (χ4v) is 1.80. The van der Waals surface area contributed by atoms with E-state index in [4.69, 9.17) is 11.7 Å². The minimum Gasteiger partial charge on any atom is -0.486 e. The van der Waals surface area contributed by atoms with Crippen LogP contribution in [0.4, 0.5) is 0 Å². The quantitative estimate of drug-likeness (QED) is 0.573.